The van der Waals surface area contributed by atoms with Gasteiger partial charge in [-0.25, -0.2) is 13.6 Å². The normalized spacial score (nSPS) is 27.7. The van der Waals surface area contributed by atoms with Crippen molar-refractivity contribution in [2.24, 2.45) is 5.92 Å². The molecule has 0 aromatic heterocycles. The molecule has 0 bridgehead atoms. The van der Waals surface area contributed by atoms with E-state index in [2.05, 4.69) is 18.2 Å². The van der Waals surface area contributed by atoms with Crippen LogP contribution in [0.5, 0.6) is 0 Å². The van der Waals surface area contributed by atoms with Gasteiger partial charge in [0.25, 0.3) is 0 Å². The summed E-state index contributed by atoms with van der Waals surface area (Å²) in [6, 6.07) is 0. The van der Waals surface area contributed by atoms with Crippen molar-refractivity contribution in [3.63, 3.8) is 0 Å². The molecule has 1 aliphatic carbocycles. The van der Waals surface area contributed by atoms with Crippen LogP contribution in [0, 0.1) is 5.92 Å². The Balaban J connectivity index is 2.56. The maximum Gasteiger partial charge on any atom is 0.347 e. The van der Waals surface area contributed by atoms with E-state index < -0.39 is 35.4 Å². The highest BCUT2D eigenvalue weighted by atomic mass is 19.1. The summed E-state index contributed by atoms with van der Waals surface area (Å²) in [5, 5.41) is 20.3. The Kier molecular flexibility index (Phi) is 10.5. The van der Waals surface area contributed by atoms with Crippen LogP contribution in [0.4, 0.5) is 8.78 Å². The lowest BCUT2D eigenvalue weighted by atomic mass is 9.83. The number of allylic oxidation sites excluding steroid dienone is 2. The molecule has 0 aromatic carbocycles. The number of hydrogen-bond donors (Lipinski definition) is 2. The van der Waals surface area contributed by atoms with Crippen LogP contribution in [0.3, 0.4) is 0 Å². The summed E-state index contributed by atoms with van der Waals surface area (Å²) in [6.45, 7) is 6.81. The van der Waals surface area contributed by atoms with Crippen LogP contribution < -0.4 is 0 Å². The van der Waals surface area contributed by atoms with Crippen LogP contribution in [-0.2, 0) is 9.53 Å². The Hall–Kier alpha value is -1.27. The first kappa shape index (κ1) is 25.8. The van der Waals surface area contributed by atoms with Gasteiger partial charge in [0.2, 0.25) is 5.67 Å². The predicted octanol–water partition coefficient (Wildman–Crippen LogP) is 4.98. The summed E-state index contributed by atoms with van der Waals surface area (Å²) in [6.07, 6.45) is 7.63. The molecule has 2 unspecified atom stereocenters. The zero-order chi connectivity index (χ0) is 22.1. The lowest BCUT2D eigenvalue weighted by molar-refractivity contribution is -0.150. The third-order valence-electron chi connectivity index (χ3n) is 6.17. The highest BCUT2D eigenvalue weighted by molar-refractivity contribution is 5.82. The molecule has 0 radical (unpaired) electrons. The van der Waals surface area contributed by atoms with E-state index in [1.54, 1.807) is 12.2 Å². The van der Waals surface area contributed by atoms with Crippen molar-refractivity contribution < 1.29 is 28.5 Å². The van der Waals surface area contributed by atoms with Crippen molar-refractivity contribution in [1.82, 2.24) is 0 Å². The summed E-state index contributed by atoms with van der Waals surface area (Å²) in [4.78, 5) is 11.5. The Morgan fingerprint density at radius 3 is 2.69 bits per heavy atom. The van der Waals surface area contributed by atoms with E-state index in [9.17, 15) is 19.4 Å². The molecule has 0 heterocycles. The molecule has 0 aliphatic heterocycles. The summed E-state index contributed by atoms with van der Waals surface area (Å²) in [5.74, 6) is -1.55. The molecule has 1 rings (SSSR count). The van der Waals surface area contributed by atoms with E-state index in [0.29, 0.717) is 25.7 Å². The fraction of sp³-hybridized carbons (Fsp3) is 0.783. The van der Waals surface area contributed by atoms with Crippen molar-refractivity contribution in [2.45, 2.75) is 102 Å². The quantitative estimate of drug-likeness (QED) is 0.252. The Morgan fingerprint density at radius 2 is 2.07 bits per heavy atom. The molecule has 6 heteroatoms. The Morgan fingerprint density at radius 1 is 1.38 bits per heavy atom. The summed E-state index contributed by atoms with van der Waals surface area (Å²) >= 11 is 0. The summed E-state index contributed by atoms with van der Waals surface area (Å²) in [7, 11) is 1.12. The van der Waals surface area contributed by atoms with Gasteiger partial charge in [0.05, 0.1) is 19.3 Å². The zero-order valence-electron chi connectivity index (χ0n) is 18.1. The lowest BCUT2D eigenvalue weighted by Gasteiger charge is -2.29. The van der Waals surface area contributed by atoms with Gasteiger partial charge >= 0.3 is 5.97 Å². The number of aliphatic hydroxyl groups excluding tert-OH is 2. The van der Waals surface area contributed by atoms with Crippen molar-refractivity contribution in [3.8, 4) is 0 Å². The van der Waals surface area contributed by atoms with E-state index in [0.717, 1.165) is 33.3 Å². The highest BCUT2D eigenvalue weighted by Crippen LogP contribution is 2.45. The van der Waals surface area contributed by atoms with E-state index >= 15 is 4.39 Å². The SMILES string of the molecule is C=C(CC=CC[C@H]1[C@@H](O)CC[C@]1(F)CCC(O)CCCCC)C(C)(F)C(=O)OC. The van der Waals surface area contributed by atoms with Gasteiger partial charge in [-0.05, 0) is 57.4 Å². The van der Waals surface area contributed by atoms with Crippen LogP contribution in [0.2, 0.25) is 0 Å². The number of carbonyl (C=O) groups excluding carboxylic acids is 1. The number of hydrogen-bond acceptors (Lipinski definition) is 4. The number of esters is 1. The molecule has 1 fully saturated rings. The van der Waals surface area contributed by atoms with Gasteiger partial charge in [-0.2, -0.15) is 0 Å². The minimum absolute atomic E-state index is 0.0642. The van der Waals surface area contributed by atoms with Gasteiger partial charge in [0.15, 0.2) is 0 Å². The maximum atomic E-state index is 15.5. The topological polar surface area (TPSA) is 66.8 Å². The second-order valence-electron chi connectivity index (χ2n) is 8.44. The fourth-order valence-corrected chi connectivity index (χ4v) is 3.97. The van der Waals surface area contributed by atoms with E-state index in [1.165, 1.54) is 0 Å². The first-order valence-corrected chi connectivity index (χ1v) is 10.7. The predicted molar refractivity (Wildman–Crippen MR) is 111 cm³/mol. The third kappa shape index (κ3) is 7.49. The third-order valence-corrected chi connectivity index (χ3v) is 6.17. The Bertz CT molecular complexity index is 561. The number of methoxy groups -OCH3 is 1. The Labute approximate surface area is 174 Å². The average molecular weight is 417 g/mol. The number of alkyl halides is 2. The molecule has 29 heavy (non-hydrogen) atoms. The van der Waals surface area contributed by atoms with E-state index in [-0.39, 0.29) is 24.8 Å². The molecule has 0 amide bonds. The van der Waals surface area contributed by atoms with Crippen LogP contribution >= 0.6 is 0 Å². The molecular weight excluding hydrogens is 378 g/mol. The van der Waals surface area contributed by atoms with Crippen molar-refractivity contribution in [1.29, 1.82) is 0 Å². The monoisotopic (exact) mass is 416 g/mol. The number of ether oxygens (including phenoxy) is 1. The molecule has 0 saturated heterocycles. The van der Waals surface area contributed by atoms with Gasteiger partial charge in [-0.15, -0.1) is 0 Å². The molecule has 1 aliphatic rings. The molecule has 2 N–H and O–H groups in total. The molecule has 5 atom stereocenters. The van der Waals surface area contributed by atoms with E-state index in [1.807, 2.05) is 0 Å². The minimum atomic E-state index is -2.27. The first-order valence-electron chi connectivity index (χ1n) is 10.7. The number of unbranched alkanes of at least 4 members (excludes halogenated alkanes) is 2. The second kappa shape index (κ2) is 11.8. The number of aliphatic hydroxyl groups is 2. The van der Waals surface area contributed by atoms with Gasteiger partial charge in [-0.3, -0.25) is 0 Å². The largest absolute Gasteiger partial charge is 0.466 e. The summed E-state index contributed by atoms with van der Waals surface area (Å²) in [5.41, 5.74) is -3.72. The van der Waals surface area contributed by atoms with Gasteiger partial charge < -0.3 is 14.9 Å². The summed E-state index contributed by atoms with van der Waals surface area (Å²) < 4.78 is 34.2. The minimum Gasteiger partial charge on any atom is -0.466 e. The van der Waals surface area contributed by atoms with Crippen LogP contribution in [0.15, 0.2) is 24.3 Å². The van der Waals surface area contributed by atoms with Crippen molar-refractivity contribution in [3.05, 3.63) is 24.3 Å². The van der Waals surface area contributed by atoms with Crippen LogP contribution in [0.25, 0.3) is 0 Å². The van der Waals surface area contributed by atoms with Crippen molar-refractivity contribution >= 4 is 5.97 Å². The molecular formula is C23H38F2O4. The number of halogens is 2. The van der Waals surface area contributed by atoms with Gasteiger partial charge in [-0.1, -0.05) is 44.9 Å². The molecule has 1 saturated carbocycles. The highest BCUT2D eigenvalue weighted by Gasteiger charge is 2.47. The van der Waals surface area contributed by atoms with E-state index in [4.69, 9.17) is 0 Å². The maximum absolute atomic E-state index is 15.5. The van der Waals surface area contributed by atoms with Gasteiger partial charge in [0, 0.05) is 5.92 Å². The molecule has 4 nitrogen and oxygen atoms in total. The molecule has 0 aromatic rings. The number of carbonyl (C=O) groups is 1. The van der Waals surface area contributed by atoms with Crippen LogP contribution in [-0.4, -0.2) is 46.8 Å². The molecule has 0 spiro atoms. The average Bonchev–Trinajstić information content (AvgIpc) is 2.97. The van der Waals surface area contributed by atoms with Gasteiger partial charge in [0.1, 0.15) is 5.67 Å². The standard InChI is InChI=1S/C23H38F2O4/c1-5-6-7-11-18(26)13-15-23(25)16-14-20(27)19(23)12-9-8-10-17(2)22(3,24)21(28)29-4/h8-9,18-20,26-27H,2,5-7,10-16H2,1,3-4H3/t18?,19-,20-,22?,23+/m0/s1. The van der Waals surface area contributed by atoms with Crippen LogP contribution in [0.1, 0.15) is 78.1 Å². The fourth-order valence-electron chi connectivity index (χ4n) is 3.97. The lowest BCUT2D eigenvalue weighted by Crippen LogP contribution is -2.33. The smallest absolute Gasteiger partial charge is 0.347 e. The van der Waals surface area contributed by atoms with Crippen molar-refractivity contribution in [2.75, 3.05) is 7.11 Å². The second-order valence-corrected chi connectivity index (χ2v) is 8.44. The molecule has 168 valence electrons. The first-order chi connectivity index (χ1) is 13.6. The number of rotatable bonds is 13. The zero-order valence-corrected chi connectivity index (χ0v) is 18.1.